The van der Waals surface area contributed by atoms with Crippen molar-refractivity contribution in [2.75, 3.05) is 19.5 Å². The third kappa shape index (κ3) is 4.02. The number of anilines is 1. The van der Waals surface area contributed by atoms with Crippen LogP contribution < -0.4 is 5.32 Å². The first-order valence-corrected chi connectivity index (χ1v) is 7.63. The maximum Gasteiger partial charge on any atom is 0.339 e. The van der Waals surface area contributed by atoms with Gasteiger partial charge in [0.1, 0.15) is 0 Å². The largest absolute Gasteiger partial charge is 0.465 e. The van der Waals surface area contributed by atoms with E-state index in [9.17, 15) is 9.59 Å². The number of halogens is 1. The molecule has 24 heavy (non-hydrogen) atoms. The maximum absolute atomic E-state index is 12.4. The molecule has 0 fully saturated rings. The van der Waals surface area contributed by atoms with Crippen molar-refractivity contribution in [2.24, 2.45) is 0 Å². The highest BCUT2D eigenvalue weighted by atomic mass is 35.5. The van der Waals surface area contributed by atoms with E-state index >= 15 is 0 Å². The van der Waals surface area contributed by atoms with Gasteiger partial charge in [-0.3, -0.25) is 4.98 Å². The van der Waals surface area contributed by atoms with Crippen molar-refractivity contribution in [1.29, 1.82) is 0 Å². The highest BCUT2D eigenvalue weighted by Gasteiger charge is 2.18. The van der Waals surface area contributed by atoms with E-state index in [1.54, 1.807) is 30.4 Å². The van der Waals surface area contributed by atoms with Crippen molar-refractivity contribution in [3.8, 4) is 0 Å². The maximum atomic E-state index is 12.4. The predicted molar refractivity (Wildman–Crippen MR) is 92.2 cm³/mol. The number of benzene rings is 1. The molecule has 0 aliphatic rings. The normalized spacial score (nSPS) is 11.5. The quantitative estimate of drug-likeness (QED) is 0.855. The molecule has 2 aromatic rings. The van der Waals surface area contributed by atoms with Crippen LogP contribution in [-0.2, 0) is 4.74 Å². The topological polar surface area (TPSA) is 71.5 Å². The second kappa shape index (κ2) is 7.79. The van der Waals surface area contributed by atoms with Gasteiger partial charge in [-0.25, -0.2) is 9.59 Å². The van der Waals surface area contributed by atoms with Crippen LogP contribution in [0.2, 0.25) is 5.02 Å². The molecule has 1 aromatic carbocycles. The summed E-state index contributed by atoms with van der Waals surface area (Å²) in [7, 11) is 2.96. The lowest BCUT2D eigenvalue weighted by atomic mass is 10.1. The Hall–Kier alpha value is -2.60. The Morgan fingerprint density at radius 2 is 1.92 bits per heavy atom. The van der Waals surface area contributed by atoms with Gasteiger partial charge in [-0.1, -0.05) is 11.6 Å². The van der Waals surface area contributed by atoms with E-state index in [2.05, 4.69) is 15.0 Å². The number of amides is 2. The fraction of sp³-hybridized carbons (Fsp3) is 0.235. The summed E-state index contributed by atoms with van der Waals surface area (Å²) in [5, 5.41) is 3.01. The van der Waals surface area contributed by atoms with Gasteiger partial charge < -0.3 is 15.0 Å². The van der Waals surface area contributed by atoms with E-state index in [4.69, 9.17) is 11.6 Å². The fourth-order valence-corrected chi connectivity index (χ4v) is 2.32. The average Bonchev–Trinajstić information content (AvgIpc) is 2.62. The minimum atomic E-state index is -0.561. The zero-order valence-corrected chi connectivity index (χ0v) is 14.4. The van der Waals surface area contributed by atoms with Gasteiger partial charge in [-0.15, -0.1) is 0 Å². The molecule has 2 rings (SSSR count). The summed E-state index contributed by atoms with van der Waals surface area (Å²) in [6, 6.07) is 7.90. The highest BCUT2D eigenvalue weighted by molar-refractivity contribution is 6.33. The van der Waals surface area contributed by atoms with Gasteiger partial charge >= 0.3 is 12.0 Å². The summed E-state index contributed by atoms with van der Waals surface area (Å²) in [6.07, 6.45) is 3.36. The Kier molecular flexibility index (Phi) is 5.76. The van der Waals surface area contributed by atoms with E-state index < -0.39 is 5.97 Å². The second-order valence-electron chi connectivity index (χ2n) is 5.18. The molecule has 2 amide bonds. The van der Waals surface area contributed by atoms with Crippen molar-refractivity contribution in [2.45, 2.75) is 13.0 Å². The number of carbonyl (C=O) groups is 2. The molecule has 0 aliphatic carbocycles. The van der Waals surface area contributed by atoms with Crippen LogP contribution in [0.5, 0.6) is 0 Å². The molecule has 126 valence electrons. The molecule has 0 radical (unpaired) electrons. The van der Waals surface area contributed by atoms with E-state index in [1.807, 2.05) is 19.1 Å². The number of pyridine rings is 1. The lowest BCUT2D eigenvalue weighted by Gasteiger charge is -2.25. The number of esters is 1. The van der Waals surface area contributed by atoms with E-state index in [-0.39, 0.29) is 22.7 Å². The Bertz CT molecular complexity index is 737. The summed E-state index contributed by atoms with van der Waals surface area (Å²) >= 11 is 5.97. The number of methoxy groups -OCH3 is 1. The first-order valence-electron chi connectivity index (χ1n) is 7.25. The molecular weight excluding hydrogens is 330 g/mol. The summed E-state index contributed by atoms with van der Waals surface area (Å²) < 4.78 is 4.67. The zero-order chi connectivity index (χ0) is 17.7. The third-order valence-electron chi connectivity index (χ3n) is 3.71. The van der Waals surface area contributed by atoms with E-state index in [1.165, 1.54) is 19.2 Å². The molecule has 0 bridgehead atoms. The Labute approximate surface area is 145 Å². The summed E-state index contributed by atoms with van der Waals surface area (Å²) in [5.41, 5.74) is 1.62. The van der Waals surface area contributed by atoms with Crippen LogP contribution in [0.15, 0.2) is 42.7 Å². The van der Waals surface area contributed by atoms with Gasteiger partial charge in [-0.05, 0) is 42.8 Å². The highest BCUT2D eigenvalue weighted by Crippen LogP contribution is 2.23. The molecule has 7 heteroatoms. The standard InChI is InChI=1S/C17H18ClN3O3/c1-11(12-6-8-19-9-7-12)21(2)17(23)20-13-4-5-15(18)14(10-13)16(22)24-3/h4-11H,1-3H3,(H,20,23)/t11-/m1/s1. The first-order chi connectivity index (χ1) is 11.4. The average molecular weight is 348 g/mol. The van der Waals surface area contributed by atoms with Crippen LogP contribution in [0.3, 0.4) is 0 Å². The van der Waals surface area contributed by atoms with Gasteiger partial charge in [0.25, 0.3) is 0 Å². The molecular formula is C17H18ClN3O3. The van der Waals surface area contributed by atoms with Crippen molar-refractivity contribution < 1.29 is 14.3 Å². The summed E-state index contributed by atoms with van der Waals surface area (Å²) in [4.78, 5) is 29.6. The molecule has 0 saturated heterocycles. The molecule has 1 heterocycles. The third-order valence-corrected chi connectivity index (χ3v) is 4.04. The molecule has 0 spiro atoms. The minimum absolute atomic E-state index is 0.139. The van der Waals surface area contributed by atoms with Gasteiger partial charge in [-0.2, -0.15) is 0 Å². The Morgan fingerprint density at radius 1 is 1.25 bits per heavy atom. The van der Waals surface area contributed by atoms with Gasteiger partial charge in [0, 0.05) is 25.1 Å². The van der Waals surface area contributed by atoms with Crippen LogP contribution in [-0.4, -0.2) is 36.0 Å². The number of carbonyl (C=O) groups excluding carboxylic acids is 2. The molecule has 1 aromatic heterocycles. The van der Waals surface area contributed by atoms with Crippen LogP contribution in [0.1, 0.15) is 28.9 Å². The molecule has 1 atom stereocenters. The molecule has 0 saturated carbocycles. The number of aromatic nitrogens is 1. The number of urea groups is 1. The lowest BCUT2D eigenvalue weighted by molar-refractivity contribution is 0.0601. The van der Waals surface area contributed by atoms with Crippen molar-refractivity contribution in [3.05, 3.63) is 58.9 Å². The number of hydrogen-bond donors (Lipinski definition) is 1. The van der Waals surface area contributed by atoms with Crippen LogP contribution in [0.4, 0.5) is 10.5 Å². The number of nitrogens with zero attached hydrogens (tertiary/aromatic N) is 2. The molecule has 1 N–H and O–H groups in total. The predicted octanol–water partition coefficient (Wildman–Crippen LogP) is 3.75. The molecule has 0 unspecified atom stereocenters. The minimum Gasteiger partial charge on any atom is -0.465 e. The monoisotopic (exact) mass is 347 g/mol. The molecule has 6 nitrogen and oxygen atoms in total. The van der Waals surface area contributed by atoms with Crippen LogP contribution >= 0.6 is 11.6 Å². The van der Waals surface area contributed by atoms with Crippen molar-refractivity contribution in [1.82, 2.24) is 9.88 Å². The van der Waals surface area contributed by atoms with Gasteiger partial charge in [0.15, 0.2) is 0 Å². The van der Waals surface area contributed by atoms with E-state index in [0.717, 1.165) is 5.56 Å². The summed E-state index contributed by atoms with van der Waals surface area (Å²) in [6.45, 7) is 1.91. The van der Waals surface area contributed by atoms with E-state index in [0.29, 0.717) is 5.69 Å². The summed E-state index contributed by atoms with van der Waals surface area (Å²) in [5.74, 6) is -0.561. The molecule has 0 aliphatic heterocycles. The first kappa shape index (κ1) is 17.7. The van der Waals surface area contributed by atoms with Crippen molar-refractivity contribution in [3.63, 3.8) is 0 Å². The Balaban J connectivity index is 2.13. The second-order valence-corrected chi connectivity index (χ2v) is 5.59. The number of ether oxygens (including phenoxy) is 1. The number of rotatable bonds is 4. The number of hydrogen-bond acceptors (Lipinski definition) is 4. The van der Waals surface area contributed by atoms with Gasteiger partial charge in [0.2, 0.25) is 0 Å². The zero-order valence-electron chi connectivity index (χ0n) is 13.6. The van der Waals surface area contributed by atoms with Crippen LogP contribution in [0.25, 0.3) is 0 Å². The number of nitrogens with one attached hydrogen (secondary N) is 1. The fourth-order valence-electron chi connectivity index (χ4n) is 2.12. The Morgan fingerprint density at radius 3 is 2.54 bits per heavy atom. The van der Waals surface area contributed by atoms with Gasteiger partial charge in [0.05, 0.1) is 23.7 Å². The lowest BCUT2D eigenvalue weighted by Crippen LogP contribution is -2.33. The van der Waals surface area contributed by atoms with Crippen LogP contribution in [0, 0.1) is 0 Å². The van der Waals surface area contributed by atoms with Crippen molar-refractivity contribution >= 4 is 29.3 Å². The SMILES string of the molecule is COC(=O)c1cc(NC(=O)N(C)[C@H](C)c2ccncc2)ccc1Cl. The smallest absolute Gasteiger partial charge is 0.339 e.